The zero-order chi connectivity index (χ0) is 9.65. The van der Waals surface area contributed by atoms with Crippen LogP contribution in [-0.4, -0.2) is 39.9 Å². The number of carboxylic acids is 1. The third kappa shape index (κ3) is 0.832. The molecule has 1 heterocycles. The zero-order valence-corrected chi connectivity index (χ0v) is 7.32. The summed E-state index contributed by atoms with van der Waals surface area (Å²) < 4.78 is 8.72. The number of rotatable bonds is 2. The molecule has 1 unspecified atom stereocenters. The normalized spacial score (nSPS) is 40.5. The van der Waals surface area contributed by atoms with Gasteiger partial charge in [0.15, 0.2) is 0 Å². The first kappa shape index (κ1) is 9.79. The standard InChI is InChI=1S/C4H10NO6P/c1-10-12(8,9)4(5,2-11-12)3(6)7/h8-9H,2,5H2,1H3,(H,6,7)/p+1. The van der Waals surface area contributed by atoms with E-state index < -0.39 is 18.8 Å². The van der Waals surface area contributed by atoms with Crippen molar-refractivity contribution in [2.24, 2.45) is 0 Å². The van der Waals surface area contributed by atoms with Crippen LogP contribution < -0.4 is 5.73 Å². The number of hydrogen-bond acceptors (Lipinski definition) is 5. The van der Waals surface area contributed by atoms with Crippen LogP contribution >= 0.6 is 7.51 Å². The van der Waals surface area contributed by atoms with Gasteiger partial charge in [-0.2, -0.15) is 0 Å². The van der Waals surface area contributed by atoms with E-state index >= 15 is 0 Å². The van der Waals surface area contributed by atoms with Crippen LogP contribution in [0.4, 0.5) is 0 Å². The first-order valence-electron chi connectivity index (χ1n) is 3.07. The van der Waals surface area contributed by atoms with Crippen molar-refractivity contribution < 1.29 is 34.5 Å². The van der Waals surface area contributed by atoms with E-state index in [1.807, 2.05) is 0 Å². The van der Waals surface area contributed by atoms with Gasteiger partial charge in [0.05, 0.1) is 0 Å². The molecule has 0 radical (unpaired) electrons. The fourth-order valence-corrected chi connectivity index (χ4v) is 2.40. The first-order chi connectivity index (χ1) is 5.25. The molecule has 1 aliphatic rings. The van der Waals surface area contributed by atoms with Crippen molar-refractivity contribution in [3.63, 3.8) is 0 Å². The van der Waals surface area contributed by atoms with E-state index in [0.717, 1.165) is 7.11 Å². The molecule has 8 heteroatoms. The summed E-state index contributed by atoms with van der Waals surface area (Å²) in [5, 5.41) is 6.64. The van der Waals surface area contributed by atoms with Crippen LogP contribution in [0.1, 0.15) is 0 Å². The molecule has 0 aromatic rings. The molecule has 0 aromatic carbocycles. The number of carbonyl (C=O) groups is 1. The second kappa shape index (κ2) is 2.14. The Hall–Kier alpha value is -0.300. The molecular formula is C4H11NO6P+. The van der Waals surface area contributed by atoms with Crippen molar-refractivity contribution in [3.8, 4) is 0 Å². The molecule has 1 atom stereocenters. The number of carboxylic acid groups (broad SMARTS) is 1. The van der Waals surface area contributed by atoms with Crippen molar-refractivity contribution in [1.29, 1.82) is 0 Å². The molecule has 0 amide bonds. The van der Waals surface area contributed by atoms with Gasteiger partial charge < -0.3 is 0 Å². The van der Waals surface area contributed by atoms with Crippen LogP contribution in [0.25, 0.3) is 0 Å². The van der Waals surface area contributed by atoms with Gasteiger partial charge in [-0.1, -0.05) is 0 Å². The van der Waals surface area contributed by atoms with Crippen molar-refractivity contribution >= 4 is 13.5 Å². The molecule has 0 spiro atoms. The van der Waals surface area contributed by atoms with Gasteiger partial charge in [0.2, 0.25) is 0 Å². The number of hydrogen-bond donors (Lipinski definition) is 4. The third-order valence-corrected chi connectivity index (χ3v) is 5.03. The SMILES string of the molecule is COP1(O)(O)OCC1([NH3+])C(=O)O. The second-order valence-electron chi connectivity index (χ2n) is 2.67. The summed E-state index contributed by atoms with van der Waals surface area (Å²) in [6.45, 7) is -0.360. The van der Waals surface area contributed by atoms with Crippen molar-refractivity contribution in [2.45, 2.75) is 5.28 Å². The molecule has 1 aliphatic heterocycles. The van der Waals surface area contributed by atoms with Crippen LogP contribution in [0.2, 0.25) is 0 Å². The molecule has 0 bridgehead atoms. The maximum atomic E-state index is 10.6. The molecular weight excluding hydrogens is 189 g/mol. The Balaban J connectivity index is 3.05. The van der Waals surface area contributed by atoms with Gasteiger partial charge in [0.1, 0.15) is 0 Å². The maximum absolute atomic E-state index is 10.6. The minimum absolute atomic E-state index is 0.360. The van der Waals surface area contributed by atoms with Gasteiger partial charge in [0, 0.05) is 0 Å². The van der Waals surface area contributed by atoms with Crippen LogP contribution in [0.3, 0.4) is 0 Å². The fraction of sp³-hybridized carbons (Fsp3) is 0.750. The topological polar surface area (TPSA) is 124 Å². The summed E-state index contributed by atoms with van der Waals surface area (Å²) in [5.41, 5.74) is 3.18. The Morgan fingerprint density at radius 2 is 2.25 bits per heavy atom. The third-order valence-electron chi connectivity index (χ3n) is 2.00. The molecule has 7 nitrogen and oxygen atoms in total. The molecule has 0 aromatic heterocycles. The Kier molecular flexibility index (Phi) is 1.74. The zero-order valence-electron chi connectivity index (χ0n) is 6.43. The van der Waals surface area contributed by atoms with Crippen LogP contribution in [0, 0.1) is 0 Å². The average Bonchev–Trinajstić information content (AvgIpc) is 2.01. The van der Waals surface area contributed by atoms with Crippen molar-refractivity contribution in [2.75, 3.05) is 13.7 Å². The Morgan fingerprint density at radius 3 is 2.33 bits per heavy atom. The van der Waals surface area contributed by atoms with Crippen LogP contribution in [0.15, 0.2) is 0 Å². The molecule has 12 heavy (non-hydrogen) atoms. The summed E-state index contributed by atoms with van der Waals surface area (Å²) in [5.74, 6) is -1.45. The predicted octanol–water partition coefficient (Wildman–Crippen LogP) is -2.12. The fourth-order valence-electron chi connectivity index (χ4n) is 0.841. The van der Waals surface area contributed by atoms with Crippen molar-refractivity contribution in [1.82, 2.24) is 0 Å². The van der Waals surface area contributed by atoms with Gasteiger partial charge in [0.25, 0.3) is 0 Å². The molecule has 6 N–H and O–H groups in total. The molecule has 1 saturated heterocycles. The van der Waals surface area contributed by atoms with Gasteiger partial charge in [-0.15, -0.1) is 0 Å². The van der Waals surface area contributed by atoms with E-state index in [4.69, 9.17) is 5.11 Å². The summed E-state index contributed by atoms with van der Waals surface area (Å²) in [6.07, 6.45) is 0. The first-order valence-corrected chi connectivity index (χ1v) is 5.05. The molecule has 72 valence electrons. The quantitative estimate of drug-likeness (QED) is 0.378. The number of quaternary nitrogens is 1. The van der Waals surface area contributed by atoms with Gasteiger partial charge in [-0.05, 0) is 0 Å². The molecule has 1 fully saturated rings. The monoisotopic (exact) mass is 200 g/mol. The summed E-state index contributed by atoms with van der Waals surface area (Å²) in [7, 11) is -3.99. The van der Waals surface area contributed by atoms with E-state index in [-0.39, 0.29) is 6.61 Å². The van der Waals surface area contributed by atoms with E-state index in [1.54, 1.807) is 0 Å². The summed E-state index contributed by atoms with van der Waals surface area (Å²) in [6, 6.07) is 0. The van der Waals surface area contributed by atoms with Crippen LogP contribution in [0.5, 0.6) is 0 Å². The van der Waals surface area contributed by atoms with E-state index in [0.29, 0.717) is 0 Å². The summed E-state index contributed by atoms with van der Waals surface area (Å²) in [4.78, 5) is 29.3. The Bertz CT molecular complexity index is 236. The molecule has 0 aliphatic carbocycles. The van der Waals surface area contributed by atoms with E-state index in [1.165, 1.54) is 0 Å². The van der Waals surface area contributed by atoms with Crippen molar-refractivity contribution in [3.05, 3.63) is 0 Å². The minimum atomic E-state index is -4.97. The van der Waals surface area contributed by atoms with E-state index in [2.05, 4.69) is 14.8 Å². The van der Waals surface area contributed by atoms with Gasteiger partial charge >= 0.3 is 66.9 Å². The van der Waals surface area contributed by atoms with Gasteiger partial charge in [-0.25, -0.2) is 0 Å². The molecule has 1 rings (SSSR count). The number of aliphatic carboxylic acids is 1. The average molecular weight is 200 g/mol. The van der Waals surface area contributed by atoms with Crippen LogP contribution in [-0.2, 0) is 13.8 Å². The van der Waals surface area contributed by atoms with E-state index in [9.17, 15) is 14.6 Å². The second-order valence-corrected chi connectivity index (χ2v) is 5.89. The predicted molar refractivity (Wildman–Crippen MR) is 37.6 cm³/mol. The summed E-state index contributed by atoms with van der Waals surface area (Å²) >= 11 is 0. The Labute approximate surface area is 68.0 Å². The Morgan fingerprint density at radius 1 is 1.75 bits per heavy atom. The molecule has 0 saturated carbocycles. The van der Waals surface area contributed by atoms with Gasteiger partial charge in [-0.3, -0.25) is 0 Å².